The van der Waals surface area contributed by atoms with Crippen LogP contribution in [0.5, 0.6) is 0 Å². The van der Waals surface area contributed by atoms with Crippen molar-refractivity contribution in [2.24, 2.45) is 0 Å². The Labute approximate surface area is 123 Å². The summed E-state index contributed by atoms with van der Waals surface area (Å²) in [4.78, 5) is 11.3. The van der Waals surface area contributed by atoms with Crippen molar-refractivity contribution < 1.29 is 13.2 Å². The second kappa shape index (κ2) is 4.80. The van der Waals surface area contributed by atoms with Crippen molar-refractivity contribution in [2.75, 3.05) is 11.5 Å². The highest BCUT2D eigenvalue weighted by atomic mass is 32.2. The number of nitrogens with zero attached hydrogens (tertiary/aromatic N) is 2. The molecular formula is C15H16N2O3S. The van der Waals surface area contributed by atoms with Crippen molar-refractivity contribution in [3.05, 3.63) is 42.1 Å². The zero-order chi connectivity index (χ0) is 15.1. The maximum absolute atomic E-state index is 11.8. The van der Waals surface area contributed by atoms with Gasteiger partial charge in [-0.2, -0.15) is 5.10 Å². The van der Waals surface area contributed by atoms with Gasteiger partial charge < -0.3 is 0 Å². The fourth-order valence-electron chi connectivity index (χ4n) is 2.90. The summed E-state index contributed by atoms with van der Waals surface area (Å²) in [5.41, 5.74) is 1.42. The predicted molar refractivity (Wildman–Crippen MR) is 80.0 cm³/mol. The van der Waals surface area contributed by atoms with Gasteiger partial charge in [-0.05, 0) is 13.3 Å². The van der Waals surface area contributed by atoms with Gasteiger partial charge in [-0.15, -0.1) is 0 Å². The van der Waals surface area contributed by atoms with Gasteiger partial charge in [0.1, 0.15) is 0 Å². The molecule has 1 atom stereocenters. The molecule has 0 saturated carbocycles. The molecule has 110 valence electrons. The first-order valence-corrected chi connectivity index (χ1v) is 8.57. The van der Waals surface area contributed by atoms with Gasteiger partial charge in [0.25, 0.3) is 0 Å². The van der Waals surface area contributed by atoms with E-state index in [-0.39, 0.29) is 11.5 Å². The van der Waals surface area contributed by atoms with E-state index < -0.39 is 15.4 Å². The molecule has 3 rings (SSSR count). The first-order chi connectivity index (χ1) is 9.95. The molecular weight excluding hydrogens is 288 g/mol. The summed E-state index contributed by atoms with van der Waals surface area (Å²) in [7, 11) is -3.05. The first-order valence-electron chi connectivity index (χ1n) is 6.75. The molecule has 1 fully saturated rings. The molecule has 1 aromatic carbocycles. The number of aromatic nitrogens is 2. The molecule has 0 spiro atoms. The van der Waals surface area contributed by atoms with Crippen molar-refractivity contribution in [3.8, 4) is 11.3 Å². The van der Waals surface area contributed by atoms with Crippen LogP contribution >= 0.6 is 0 Å². The second-order valence-corrected chi connectivity index (χ2v) is 7.87. The van der Waals surface area contributed by atoms with E-state index in [9.17, 15) is 13.2 Å². The van der Waals surface area contributed by atoms with Crippen LogP contribution in [0.2, 0.25) is 0 Å². The minimum absolute atomic E-state index is 0.0554. The number of carbonyl (C=O) groups is 1. The van der Waals surface area contributed by atoms with Crippen molar-refractivity contribution in [1.82, 2.24) is 9.78 Å². The van der Waals surface area contributed by atoms with E-state index in [1.807, 2.05) is 37.3 Å². The fraction of sp³-hybridized carbons (Fsp3) is 0.333. The van der Waals surface area contributed by atoms with Crippen LogP contribution in [-0.4, -0.2) is 36.0 Å². The normalized spacial score (nSPS) is 24.0. The van der Waals surface area contributed by atoms with Crippen LogP contribution < -0.4 is 0 Å². The molecule has 0 radical (unpaired) electrons. The Balaban J connectivity index is 2.17. The molecule has 0 N–H and O–H groups in total. The van der Waals surface area contributed by atoms with Gasteiger partial charge in [0.05, 0.1) is 34.5 Å². The van der Waals surface area contributed by atoms with Crippen molar-refractivity contribution in [3.63, 3.8) is 0 Å². The SMILES string of the molecule is CC1(n2ncc(C=O)c2-c2ccccc2)CCS(=O)(=O)C1. The van der Waals surface area contributed by atoms with Crippen LogP contribution in [0.15, 0.2) is 36.5 Å². The molecule has 1 aromatic heterocycles. The zero-order valence-corrected chi connectivity index (χ0v) is 12.5. The lowest BCUT2D eigenvalue weighted by Crippen LogP contribution is -2.33. The van der Waals surface area contributed by atoms with Gasteiger partial charge in [0.15, 0.2) is 16.1 Å². The molecule has 1 unspecified atom stereocenters. The number of benzene rings is 1. The van der Waals surface area contributed by atoms with E-state index in [4.69, 9.17) is 0 Å². The Kier molecular flexibility index (Phi) is 3.20. The molecule has 5 nitrogen and oxygen atoms in total. The molecule has 21 heavy (non-hydrogen) atoms. The van der Waals surface area contributed by atoms with Crippen molar-refractivity contribution in [1.29, 1.82) is 0 Å². The summed E-state index contributed by atoms with van der Waals surface area (Å²) in [5.74, 6) is 0.216. The van der Waals surface area contributed by atoms with E-state index in [2.05, 4.69) is 5.10 Å². The van der Waals surface area contributed by atoms with Crippen LogP contribution in [0, 0.1) is 0 Å². The van der Waals surface area contributed by atoms with Gasteiger partial charge in [0.2, 0.25) is 0 Å². The van der Waals surface area contributed by atoms with Crippen LogP contribution in [0.3, 0.4) is 0 Å². The van der Waals surface area contributed by atoms with Gasteiger partial charge in [-0.3, -0.25) is 9.48 Å². The van der Waals surface area contributed by atoms with Gasteiger partial charge >= 0.3 is 0 Å². The molecule has 0 aliphatic carbocycles. The summed E-state index contributed by atoms with van der Waals surface area (Å²) in [5, 5.41) is 4.30. The predicted octanol–water partition coefficient (Wildman–Crippen LogP) is 1.90. The standard InChI is InChI=1S/C15H16N2O3S/c1-15(7-8-21(19,20)11-15)17-14(13(10-18)9-16-17)12-5-3-2-4-6-12/h2-6,9-10H,7-8,11H2,1H3. The Morgan fingerprint density at radius 2 is 2.00 bits per heavy atom. The van der Waals surface area contributed by atoms with Crippen LogP contribution in [0.1, 0.15) is 23.7 Å². The number of sulfone groups is 1. The van der Waals surface area contributed by atoms with Gasteiger partial charge in [-0.1, -0.05) is 30.3 Å². The molecule has 1 aliphatic heterocycles. The maximum Gasteiger partial charge on any atom is 0.153 e. The van der Waals surface area contributed by atoms with Gasteiger partial charge in [0, 0.05) is 5.56 Å². The lowest BCUT2D eigenvalue weighted by molar-refractivity contribution is 0.112. The Morgan fingerprint density at radius 1 is 1.29 bits per heavy atom. The number of aldehydes is 1. The average Bonchev–Trinajstić information content (AvgIpc) is 3.01. The summed E-state index contributed by atoms with van der Waals surface area (Å²) in [6.45, 7) is 1.88. The quantitative estimate of drug-likeness (QED) is 0.812. The summed E-state index contributed by atoms with van der Waals surface area (Å²) < 4.78 is 25.4. The number of carbonyl (C=O) groups excluding carboxylic acids is 1. The van der Waals surface area contributed by atoms with E-state index in [1.54, 1.807) is 4.68 Å². The first kappa shape index (κ1) is 14.0. The van der Waals surface area contributed by atoms with Crippen LogP contribution in [-0.2, 0) is 15.4 Å². The Bertz CT molecular complexity index is 781. The number of rotatable bonds is 3. The lowest BCUT2D eigenvalue weighted by Gasteiger charge is -2.25. The minimum Gasteiger partial charge on any atom is -0.298 e. The Hall–Kier alpha value is -1.95. The van der Waals surface area contributed by atoms with Gasteiger partial charge in [-0.25, -0.2) is 8.42 Å². The summed E-state index contributed by atoms with van der Waals surface area (Å²) in [6, 6.07) is 9.46. The van der Waals surface area contributed by atoms with E-state index >= 15 is 0 Å². The highest BCUT2D eigenvalue weighted by molar-refractivity contribution is 7.91. The summed E-state index contributed by atoms with van der Waals surface area (Å²) in [6.07, 6.45) is 2.78. The zero-order valence-electron chi connectivity index (χ0n) is 11.7. The maximum atomic E-state index is 11.8. The molecule has 1 saturated heterocycles. The third-order valence-corrected chi connectivity index (χ3v) is 5.85. The average molecular weight is 304 g/mol. The fourth-order valence-corrected chi connectivity index (χ4v) is 5.01. The number of hydrogen-bond donors (Lipinski definition) is 0. The van der Waals surface area contributed by atoms with E-state index in [1.165, 1.54) is 6.20 Å². The third-order valence-electron chi connectivity index (χ3n) is 3.97. The molecule has 0 amide bonds. The van der Waals surface area contributed by atoms with Crippen molar-refractivity contribution in [2.45, 2.75) is 18.9 Å². The molecule has 2 heterocycles. The van der Waals surface area contributed by atoms with Crippen LogP contribution in [0.25, 0.3) is 11.3 Å². The molecule has 6 heteroatoms. The van der Waals surface area contributed by atoms with Crippen LogP contribution in [0.4, 0.5) is 0 Å². The minimum atomic E-state index is -3.05. The molecule has 0 bridgehead atoms. The van der Waals surface area contributed by atoms with E-state index in [0.29, 0.717) is 17.7 Å². The summed E-state index contributed by atoms with van der Waals surface area (Å²) >= 11 is 0. The number of hydrogen-bond acceptors (Lipinski definition) is 4. The lowest BCUT2D eigenvalue weighted by atomic mass is 10.00. The topological polar surface area (TPSA) is 69.0 Å². The smallest absolute Gasteiger partial charge is 0.153 e. The highest BCUT2D eigenvalue weighted by Gasteiger charge is 2.42. The monoisotopic (exact) mass is 304 g/mol. The third kappa shape index (κ3) is 2.40. The van der Waals surface area contributed by atoms with Crippen molar-refractivity contribution >= 4 is 16.1 Å². The highest BCUT2D eigenvalue weighted by Crippen LogP contribution is 2.35. The second-order valence-electron chi connectivity index (χ2n) is 5.68. The Morgan fingerprint density at radius 3 is 2.57 bits per heavy atom. The molecule has 2 aromatic rings. The molecule has 1 aliphatic rings. The largest absolute Gasteiger partial charge is 0.298 e. The van der Waals surface area contributed by atoms with E-state index in [0.717, 1.165) is 11.8 Å².